The van der Waals surface area contributed by atoms with Crippen LogP contribution in [-0.4, -0.2) is 12.5 Å². The average Bonchev–Trinajstić information content (AvgIpc) is 2.27. The molecule has 0 aliphatic heterocycles. The standard InChI is InChI=1S/C12H14N2O2/c1-10-4-6-11(7-5-10)16-8-2-3-12(15)14-9-13/h4-7H,2-3,8H2,1H3,(H,14,15). The maximum absolute atomic E-state index is 10.9. The van der Waals surface area contributed by atoms with Gasteiger partial charge < -0.3 is 4.74 Å². The molecule has 0 bridgehead atoms. The van der Waals surface area contributed by atoms with E-state index >= 15 is 0 Å². The first kappa shape index (κ1) is 12.1. The van der Waals surface area contributed by atoms with Crippen LogP contribution in [0.3, 0.4) is 0 Å². The fraction of sp³-hybridized carbons (Fsp3) is 0.333. The lowest BCUT2D eigenvalue weighted by atomic mass is 10.2. The molecular weight excluding hydrogens is 204 g/mol. The summed E-state index contributed by atoms with van der Waals surface area (Å²) in [7, 11) is 0. The molecule has 0 aliphatic carbocycles. The number of carbonyl (C=O) groups excluding carboxylic acids is 1. The summed E-state index contributed by atoms with van der Waals surface area (Å²) >= 11 is 0. The molecule has 4 heteroatoms. The lowest BCUT2D eigenvalue weighted by Crippen LogP contribution is -2.17. The third-order valence-corrected chi connectivity index (χ3v) is 2.03. The Morgan fingerprint density at radius 3 is 2.75 bits per heavy atom. The van der Waals surface area contributed by atoms with Crippen molar-refractivity contribution in [3.63, 3.8) is 0 Å². The number of nitrogens with zero attached hydrogens (tertiary/aromatic N) is 1. The van der Waals surface area contributed by atoms with Crippen molar-refractivity contribution in [1.29, 1.82) is 5.26 Å². The van der Waals surface area contributed by atoms with Crippen LogP contribution >= 0.6 is 0 Å². The van der Waals surface area contributed by atoms with Gasteiger partial charge in [-0.3, -0.25) is 10.1 Å². The van der Waals surface area contributed by atoms with E-state index in [-0.39, 0.29) is 5.91 Å². The van der Waals surface area contributed by atoms with Crippen LogP contribution in [0.1, 0.15) is 18.4 Å². The van der Waals surface area contributed by atoms with Gasteiger partial charge in [-0.1, -0.05) is 17.7 Å². The van der Waals surface area contributed by atoms with Crippen LogP contribution in [0, 0.1) is 18.4 Å². The Balaban J connectivity index is 2.19. The molecule has 4 nitrogen and oxygen atoms in total. The van der Waals surface area contributed by atoms with Crippen molar-refractivity contribution < 1.29 is 9.53 Å². The van der Waals surface area contributed by atoms with E-state index in [1.54, 1.807) is 6.19 Å². The van der Waals surface area contributed by atoms with Crippen LogP contribution in [0.15, 0.2) is 24.3 Å². The first-order chi connectivity index (χ1) is 7.72. The summed E-state index contributed by atoms with van der Waals surface area (Å²) in [6, 6.07) is 7.73. The normalized spacial score (nSPS) is 9.25. The molecule has 1 N–H and O–H groups in total. The fourth-order valence-corrected chi connectivity index (χ4v) is 1.18. The summed E-state index contributed by atoms with van der Waals surface area (Å²) in [5, 5.41) is 10.2. The molecule has 16 heavy (non-hydrogen) atoms. The van der Waals surface area contributed by atoms with E-state index in [2.05, 4.69) is 5.32 Å². The molecule has 1 aromatic rings. The van der Waals surface area contributed by atoms with Crippen molar-refractivity contribution in [2.75, 3.05) is 6.61 Å². The zero-order valence-electron chi connectivity index (χ0n) is 9.19. The molecule has 0 saturated carbocycles. The van der Waals surface area contributed by atoms with E-state index in [0.29, 0.717) is 19.4 Å². The second-order valence-electron chi connectivity index (χ2n) is 3.43. The summed E-state index contributed by atoms with van der Waals surface area (Å²) in [5.74, 6) is 0.529. The maximum atomic E-state index is 10.9. The van der Waals surface area contributed by atoms with Gasteiger partial charge in [0.2, 0.25) is 5.91 Å². The molecule has 1 amide bonds. The predicted molar refractivity (Wildman–Crippen MR) is 59.7 cm³/mol. The second kappa shape index (κ2) is 6.46. The van der Waals surface area contributed by atoms with Gasteiger partial charge in [0, 0.05) is 6.42 Å². The molecule has 0 fully saturated rings. The monoisotopic (exact) mass is 218 g/mol. The van der Waals surface area contributed by atoms with Gasteiger partial charge in [-0.2, -0.15) is 5.26 Å². The van der Waals surface area contributed by atoms with Crippen molar-refractivity contribution in [2.45, 2.75) is 19.8 Å². The van der Waals surface area contributed by atoms with Crippen LogP contribution in [0.2, 0.25) is 0 Å². The topological polar surface area (TPSA) is 62.1 Å². The summed E-state index contributed by atoms with van der Waals surface area (Å²) in [6.45, 7) is 2.48. The number of nitriles is 1. The molecular formula is C12H14N2O2. The number of rotatable bonds is 5. The minimum atomic E-state index is -0.269. The molecule has 1 aromatic carbocycles. The van der Waals surface area contributed by atoms with E-state index in [1.807, 2.05) is 31.2 Å². The number of hydrogen-bond acceptors (Lipinski definition) is 3. The lowest BCUT2D eigenvalue weighted by Gasteiger charge is -2.05. The van der Waals surface area contributed by atoms with Crippen molar-refractivity contribution >= 4 is 5.91 Å². The molecule has 0 aromatic heterocycles. The number of amides is 1. The molecule has 0 atom stereocenters. The van der Waals surface area contributed by atoms with E-state index in [9.17, 15) is 4.79 Å². The Morgan fingerprint density at radius 1 is 1.44 bits per heavy atom. The predicted octanol–water partition coefficient (Wildman–Crippen LogP) is 1.75. The second-order valence-corrected chi connectivity index (χ2v) is 3.43. The smallest absolute Gasteiger partial charge is 0.233 e. The van der Waals surface area contributed by atoms with Gasteiger partial charge in [0.25, 0.3) is 0 Å². The molecule has 0 aliphatic rings. The zero-order valence-corrected chi connectivity index (χ0v) is 9.19. The highest BCUT2D eigenvalue weighted by atomic mass is 16.5. The third-order valence-electron chi connectivity index (χ3n) is 2.03. The fourth-order valence-electron chi connectivity index (χ4n) is 1.18. The maximum Gasteiger partial charge on any atom is 0.233 e. The highest BCUT2D eigenvalue weighted by Crippen LogP contribution is 2.11. The van der Waals surface area contributed by atoms with Gasteiger partial charge in [0.05, 0.1) is 6.61 Å². The highest BCUT2D eigenvalue weighted by molar-refractivity contribution is 5.77. The largest absolute Gasteiger partial charge is 0.494 e. The third kappa shape index (κ3) is 4.47. The minimum absolute atomic E-state index is 0.269. The van der Waals surface area contributed by atoms with Crippen molar-refractivity contribution in [3.8, 4) is 11.9 Å². The van der Waals surface area contributed by atoms with Crippen LogP contribution in [0.4, 0.5) is 0 Å². The van der Waals surface area contributed by atoms with Gasteiger partial charge >= 0.3 is 0 Å². The molecule has 0 unspecified atom stereocenters. The summed E-state index contributed by atoms with van der Waals surface area (Å²) in [5.41, 5.74) is 1.18. The van der Waals surface area contributed by atoms with Gasteiger partial charge in [0.15, 0.2) is 6.19 Å². The van der Waals surface area contributed by atoms with E-state index in [1.165, 1.54) is 5.56 Å². The molecule has 0 radical (unpaired) electrons. The summed E-state index contributed by atoms with van der Waals surface area (Å²) in [6.07, 6.45) is 2.50. The van der Waals surface area contributed by atoms with Gasteiger partial charge in [0.1, 0.15) is 5.75 Å². The molecule has 84 valence electrons. The Morgan fingerprint density at radius 2 is 2.12 bits per heavy atom. The Kier molecular flexibility index (Phi) is 4.87. The number of nitrogens with one attached hydrogen (secondary N) is 1. The minimum Gasteiger partial charge on any atom is -0.494 e. The van der Waals surface area contributed by atoms with Crippen molar-refractivity contribution in [1.82, 2.24) is 5.32 Å². The van der Waals surface area contributed by atoms with E-state index < -0.39 is 0 Å². The van der Waals surface area contributed by atoms with Crippen LogP contribution in [-0.2, 0) is 4.79 Å². The Hall–Kier alpha value is -2.02. The summed E-state index contributed by atoms with van der Waals surface area (Å²) < 4.78 is 5.43. The van der Waals surface area contributed by atoms with E-state index in [0.717, 1.165) is 5.75 Å². The number of aryl methyl sites for hydroxylation is 1. The molecule has 0 saturated heterocycles. The quantitative estimate of drug-likeness (QED) is 0.465. The van der Waals surface area contributed by atoms with Crippen LogP contribution in [0.25, 0.3) is 0 Å². The summed E-state index contributed by atoms with van der Waals surface area (Å²) in [4.78, 5) is 10.9. The molecule has 0 spiro atoms. The van der Waals surface area contributed by atoms with Gasteiger partial charge in [-0.25, -0.2) is 0 Å². The van der Waals surface area contributed by atoms with Crippen LogP contribution < -0.4 is 10.1 Å². The molecule has 1 rings (SSSR count). The average molecular weight is 218 g/mol. The van der Waals surface area contributed by atoms with Gasteiger partial charge in [-0.15, -0.1) is 0 Å². The zero-order chi connectivity index (χ0) is 11.8. The first-order valence-corrected chi connectivity index (χ1v) is 5.10. The SMILES string of the molecule is Cc1ccc(OCCCC(=O)NC#N)cc1. The van der Waals surface area contributed by atoms with Crippen molar-refractivity contribution in [3.05, 3.63) is 29.8 Å². The number of benzene rings is 1. The Labute approximate surface area is 94.8 Å². The highest BCUT2D eigenvalue weighted by Gasteiger charge is 1.99. The number of ether oxygens (including phenoxy) is 1. The van der Waals surface area contributed by atoms with E-state index in [4.69, 9.17) is 10.00 Å². The Bertz CT molecular complexity index is 379. The molecule has 0 heterocycles. The van der Waals surface area contributed by atoms with Crippen molar-refractivity contribution in [2.24, 2.45) is 0 Å². The van der Waals surface area contributed by atoms with Gasteiger partial charge in [-0.05, 0) is 25.5 Å². The number of carbonyl (C=O) groups is 1. The lowest BCUT2D eigenvalue weighted by molar-refractivity contribution is -0.120. The van der Waals surface area contributed by atoms with Crippen LogP contribution in [0.5, 0.6) is 5.75 Å². The first-order valence-electron chi connectivity index (χ1n) is 5.10. The number of hydrogen-bond donors (Lipinski definition) is 1.